The Morgan fingerprint density at radius 1 is 1.23 bits per heavy atom. The zero-order chi connectivity index (χ0) is 18.8. The van der Waals surface area contributed by atoms with Crippen molar-refractivity contribution < 1.29 is 23.9 Å². The number of amides is 2. The summed E-state index contributed by atoms with van der Waals surface area (Å²) in [6, 6.07) is 1.70. The van der Waals surface area contributed by atoms with Gasteiger partial charge in [-0.3, -0.25) is 9.59 Å². The Balaban J connectivity index is 1.71. The number of benzene rings is 1. The fraction of sp³-hybridized carbons (Fsp3) is 0.526. The van der Waals surface area contributed by atoms with E-state index in [4.69, 9.17) is 0 Å². The van der Waals surface area contributed by atoms with Crippen LogP contribution in [-0.2, 0) is 22.6 Å². The summed E-state index contributed by atoms with van der Waals surface area (Å²) in [5.41, 5.74) is 0.713. The Bertz CT molecular complexity index is 743. The number of carbonyl (C=O) groups is 3. The van der Waals surface area contributed by atoms with E-state index in [0.29, 0.717) is 17.7 Å². The van der Waals surface area contributed by atoms with Gasteiger partial charge in [-0.15, -0.1) is 0 Å². The zero-order valence-corrected chi connectivity index (χ0v) is 14.8. The van der Waals surface area contributed by atoms with E-state index in [0.717, 1.165) is 31.7 Å². The van der Waals surface area contributed by atoms with Gasteiger partial charge in [0, 0.05) is 19.0 Å². The first kappa shape index (κ1) is 18.4. The van der Waals surface area contributed by atoms with E-state index in [1.807, 2.05) is 0 Å². The summed E-state index contributed by atoms with van der Waals surface area (Å²) >= 11 is 0. The molecular weight excluding hydrogens is 339 g/mol. The number of nitrogens with zero attached hydrogens (tertiary/aromatic N) is 1. The van der Waals surface area contributed by atoms with Crippen molar-refractivity contribution in [2.45, 2.75) is 51.6 Å². The number of aromatic carboxylic acids is 1. The normalized spacial score (nSPS) is 18.3. The molecule has 1 atom stereocenters. The topological polar surface area (TPSA) is 86.7 Å². The highest BCUT2D eigenvalue weighted by Gasteiger charge is 2.31. The second-order valence-corrected chi connectivity index (χ2v) is 7.08. The van der Waals surface area contributed by atoms with Crippen LogP contribution in [0.2, 0.25) is 0 Å². The highest BCUT2D eigenvalue weighted by molar-refractivity contribution is 5.91. The molecule has 26 heavy (non-hydrogen) atoms. The third kappa shape index (κ3) is 3.57. The smallest absolute Gasteiger partial charge is 0.336 e. The average molecular weight is 362 g/mol. The van der Waals surface area contributed by atoms with Gasteiger partial charge in [-0.25, -0.2) is 9.18 Å². The van der Waals surface area contributed by atoms with Crippen LogP contribution in [0.5, 0.6) is 0 Å². The summed E-state index contributed by atoms with van der Waals surface area (Å²) in [5.74, 6) is -1.99. The first-order valence-electron chi connectivity index (χ1n) is 9.01. The molecule has 1 unspecified atom stereocenters. The van der Waals surface area contributed by atoms with Crippen LogP contribution < -0.4 is 5.32 Å². The molecule has 2 aliphatic rings. The first-order chi connectivity index (χ1) is 12.4. The number of carboxylic acid groups (broad SMARTS) is 1. The van der Waals surface area contributed by atoms with Gasteiger partial charge in [0.2, 0.25) is 11.8 Å². The second kappa shape index (κ2) is 7.43. The summed E-state index contributed by atoms with van der Waals surface area (Å²) in [4.78, 5) is 37.8. The summed E-state index contributed by atoms with van der Waals surface area (Å²) in [5, 5.41) is 12.1. The summed E-state index contributed by atoms with van der Waals surface area (Å²) in [6.45, 7) is 1.97. The molecule has 0 spiro atoms. The molecule has 1 saturated carbocycles. The lowest BCUT2D eigenvalue weighted by Crippen LogP contribution is -2.49. The van der Waals surface area contributed by atoms with E-state index in [-0.39, 0.29) is 36.3 Å². The Kier molecular flexibility index (Phi) is 5.25. The molecule has 0 bridgehead atoms. The number of carboxylic acids is 1. The van der Waals surface area contributed by atoms with Crippen molar-refractivity contribution in [2.24, 2.45) is 5.92 Å². The molecule has 7 heteroatoms. The van der Waals surface area contributed by atoms with Crippen molar-refractivity contribution in [1.82, 2.24) is 10.2 Å². The molecule has 3 rings (SSSR count). The minimum absolute atomic E-state index is 0.0153. The van der Waals surface area contributed by atoms with Crippen LogP contribution in [0, 0.1) is 11.7 Å². The van der Waals surface area contributed by atoms with Gasteiger partial charge in [0.1, 0.15) is 11.9 Å². The largest absolute Gasteiger partial charge is 0.478 e. The molecule has 1 fully saturated rings. The maximum Gasteiger partial charge on any atom is 0.336 e. The molecule has 0 radical (unpaired) electrons. The van der Waals surface area contributed by atoms with Crippen LogP contribution in [0.25, 0.3) is 0 Å². The monoisotopic (exact) mass is 362 g/mol. The number of fused-ring (bicyclic) bond motifs is 1. The number of hydrogen-bond donors (Lipinski definition) is 2. The number of hydrogen-bond acceptors (Lipinski definition) is 3. The lowest BCUT2D eigenvalue weighted by Gasteiger charge is -2.32. The molecule has 1 aliphatic carbocycles. The molecule has 0 aromatic heterocycles. The molecule has 1 aliphatic heterocycles. The van der Waals surface area contributed by atoms with Gasteiger partial charge in [0.25, 0.3) is 0 Å². The van der Waals surface area contributed by atoms with Crippen molar-refractivity contribution in [2.75, 3.05) is 6.54 Å². The molecule has 2 amide bonds. The van der Waals surface area contributed by atoms with Crippen LogP contribution in [-0.4, -0.2) is 40.4 Å². The molecule has 2 N–H and O–H groups in total. The molecule has 0 saturated heterocycles. The van der Waals surface area contributed by atoms with Crippen molar-refractivity contribution in [3.8, 4) is 0 Å². The predicted molar refractivity (Wildman–Crippen MR) is 92.0 cm³/mol. The quantitative estimate of drug-likeness (QED) is 0.859. The third-order valence-electron chi connectivity index (χ3n) is 5.35. The molecule has 140 valence electrons. The lowest BCUT2D eigenvalue weighted by molar-refractivity contribution is -0.137. The maximum atomic E-state index is 14.0. The third-order valence-corrected chi connectivity index (χ3v) is 5.35. The summed E-state index contributed by atoms with van der Waals surface area (Å²) in [6.07, 6.45) is 4.03. The highest BCUT2D eigenvalue weighted by Crippen LogP contribution is 2.27. The Morgan fingerprint density at radius 2 is 1.92 bits per heavy atom. The highest BCUT2D eigenvalue weighted by atomic mass is 19.1. The molecule has 1 aromatic carbocycles. The molecule has 1 aromatic rings. The fourth-order valence-electron chi connectivity index (χ4n) is 3.88. The molecular formula is C19H23FN2O4. The standard InChI is InChI=1S/C19H23FN2O4/c1-11(21-17(23)12-4-2-3-5-12)18(24)22-9-8-13-15(10-22)14(19(25)26)6-7-16(13)20/h6-7,11-12H,2-5,8-10H2,1H3,(H,21,23)(H,25,26). The van der Waals surface area contributed by atoms with Gasteiger partial charge in [-0.05, 0) is 49.4 Å². The van der Waals surface area contributed by atoms with Gasteiger partial charge in [-0.1, -0.05) is 12.8 Å². The van der Waals surface area contributed by atoms with E-state index >= 15 is 0 Å². The van der Waals surface area contributed by atoms with Crippen molar-refractivity contribution in [1.29, 1.82) is 0 Å². The van der Waals surface area contributed by atoms with Gasteiger partial charge in [0.15, 0.2) is 0 Å². The number of nitrogens with one attached hydrogen (secondary N) is 1. The van der Waals surface area contributed by atoms with Crippen molar-refractivity contribution >= 4 is 17.8 Å². The summed E-state index contributed by atoms with van der Waals surface area (Å²) in [7, 11) is 0. The minimum atomic E-state index is -1.14. The van der Waals surface area contributed by atoms with Crippen LogP contribution in [0.3, 0.4) is 0 Å². The Morgan fingerprint density at radius 3 is 2.58 bits per heavy atom. The Hall–Kier alpha value is -2.44. The second-order valence-electron chi connectivity index (χ2n) is 7.08. The van der Waals surface area contributed by atoms with Gasteiger partial charge in [0.05, 0.1) is 5.56 Å². The first-order valence-corrected chi connectivity index (χ1v) is 9.01. The van der Waals surface area contributed by atoms with Gasteiger partial charge in [-0.2, -0.15) is 0 Å². The van der Waals surface area contributed by atoms with E-state index in [2.05, 4.69) is 5.32 Å². The van der Waals surface area contributed by atoms with E-state index < -0.39 is 17.8 Å². The lowest BCUT2D eigenvalue weighted by atomic mass is 9.94. The van der Waals surface area contributed by atoms with Gasteiger partial charge < -0.3 is 15.3 Å². The van der Waals surface area contributed by atoms with Crippen LogP contribution in [0.15, 0.2) is 12.1 Å². The average Bonchev–Trinajstić information content (AvgIpc) is 3.15. The van der Waals surface area contributed by atoms with Crippen molar-refractivity contribution in [3.63, 3.8) is 0 Å². The van der Waals surface area contributed by atoms with Crippen LogP contribution in [0.4, 0.5) is 4.39 Å². The van der Waals surface area contributed by atoms with Crippen LogP contribution in [0.1, 0.15) is 54.1 Å². The van der Waals surface area contributed by atoms with Crippen molar-refractivity contribution in [3.05, 3.63) is 34.6 Å². The SMILES string of the molecule is CC(NC(=O)C1CCCC1)C(=O)N1CCc2c(F)ccc(C(=O)O)c2C1. The minimum Gasteiger partial charge on any atom is -0.478 e. The molecule has 1 heterocycles. The fourth-order valence-corrected chi connectivity index (χ4v) is 3.88. The van der Waals surface area contributed by atoms with Gasteiger partial charge >= 0.3 is 5.97 Å². The predicted octanol–water partition coefficient (Wildman–Crippen LogP) is 2.10. The van der Waals surface area contributed by atoms with Crippen LogP contribution >= 0.6 is 0 Å². The maximum absolute atomic E-state index is 14.0. The number of carbonyl (C=O) groups excluding carboxylic acids is 2. The van der Waals surface area contributed by atoms with E-state index in [9.17, 15) is 23.9 Å². The molecule has 6 nitrogen and oxygen atoms in total. The van der Waals surface area contributed by atoms with E-state index in [1.165, 1.54) is 11.0 Å². The Labute approximate surface area is 151 Å². The number of rotatable bonds is 4. The number of halogens is 1. The summed E-state index contributed by atoms with van der Waals surface area (Å²) < 4.78 is 14.0. The van der Waals surface area contributed by atoms with E-state index in [1.54, 1.807) is 6.92 Å². The zero-order valence-electron chi connectivity index (χ0n) is 14.8.